The van der Waals surface area contributed by atoms with Gasteiger partial charge in [0.05, 0.1) is 23.9 Å². The molecule has 1 aromatic carbocycles. The highest BCUT2D eigenvalue weighted by Gasteiger charge is 2.31. The summed E-state index contributed by atoms with van der Waals surface area (Å²) in [6.45, 7) is 2.96. The summed E-state index contributed by atoms with van der Waals surface area (Å²) in [4.78, 5) is 13.9. The summed E-state index contributed by atoms with van der Waals surface area (Å²) in [7, 11) is 0. The molecular weight excluding hydrogens is 288 g/mol. The highest BCUT2D eigenvalue weighted by Crippen LogP contribution is 2.28. The van der Waals surface area contributed by atoms with Crippen molar-refractivity contribution in [2.24, 2.45) is 0 Å². The third-order valence-electron chi connectivity index (χ3n) is 3.87. The molecule has 2 aliphatic rings. The van der Waals surface area contributed by atoms with E-state index >= 15 is 0 Å². The van der Waals surface area contributed by atoms with Crippen LogP contribution in [-0.2, 0) is 9.53 Å². The summed E-state index contributed by atoms with van der Waals surface area (Å²) < 4.78 is 5.42. The van der Waals surface area contributed by atoms with Gasteiger partial charge in [-0.1, -0.05) is 29.8 Å². The monoisotopic (exact) mass is 306 g/mol. The molecule has 112 valence electrons. The first-order valence-electron chi connectivity index (χ1n) is 7.28. The Morgan fingerprint density at radius 3 is 3.00 bits per heavy atom. The SMILES string of the molecule is O=C1CC(NCC2=CCCOC2)CN1c1ccccc1Cl. The first kappa shape index (κ1) is 14.6. The van der Waals surface area contributed by atoms with E-state index in [1.807, 2.05) is 24.3 Å². The number of benzene rings is 1. The molecule has 1 saturated heterocycles. The molecule has 0 aromatic heterocycles. The van der Waals surface area contributed by atoms with Crippen LogP contribution in [0.3, 0.4) is 0 Å². The summed E-state index contributed by atoms with van der Waals surface area (Å²) in [6.07, 6.45) is 3.71. The van der Waals surface area contributed by atoms with Gasteiger partial charge in [-0.15, -0.1) is 0 Å². The summed E-state index contributed by atoms with van der Waals surface area (Å²) in [5.41, 5.74) is 2.07. The van der Waals surface area contributed by atoms with E-state index in [1.54, 1.807) is 4.90 Å². The molecule has 1 N–H and O–H groups in total. The zero-order valence-electron chi connectivity index (χ0n) is 11.8. The molecule has 1 fully saturated rings. The lowest BCUT2D eigenvalue weighted by Crippen LogP contribution is -2.35. The van der Waals surface area contributed by atoms with Crippen LogP contribution in [0.2, 0.25) is 5.02 Å². The molecule has 21 heavy (non-hydrogen) atoms. The number of para-hydroxylation sites is 1. The number of amides is 1. The van der Waals surface area contributed by atoms with Gasteiger partial charge in [0.25, 0.3) is 0 Å². The van der Waals surface area contributed by atoms with Crippen molar-refractivity contribution in [3.63, 3.8) is 0 Å². The van der Waals surface area contributed by atoms with Crippen molar-refractivity contribution >= 4 is 23.2 Å². The van der Waals surface area contributed by atoms with Crippen molar-refractivity contribution in [2.75, 3.05) is 31.2 Å². The van der Waals surface area contributed by atoms with Crippen LogP contribution in [0.25, 0.3) is 0 Å². The Morgan fingerprint density at radius 2 is 2.24 bits per heavy atom. The maximum absolute atomic E-state index is 12.2. The minimum atomic E-state index is 0.120. The molecule has 0 bridgehead atoms. The number of halogens is 1. The van der Waals surface area contributed by atoms with Crippen molar-refractivity contribution in [1.82, 2.24) is 5.32 Å². The maximum atomic E-state index is 12.2. The standard InChI is InChI=1S/C16H19ClN2O2/c17-14-5-1-2-6-15(14)19-10-13(8-16(19)20)18-9-12-4-3-7-21-11-12/h1-2,4-6,13,18H,3,7-11H2. The van der Waals surface area contributed by atoms with Crippen LogP contribution in [0.4, 0.5) is 5.69 Å². The molecule has 1 unspecified atom stereocenters. The lowest BCUT2D eigenvalue weighted by molar-refractivity contribution is -0.117. The van der Waals surface area contributed by atoms with Gasteiger partial charge in [-0.25, -0.2) is 0 Å². The van der Waals surface area contributed by atoms with Crippen LogP contribution in [0.5, 0.6) is 0 Å². The van der Waals surface area contributed by atoms with E-state index in [4.69, 9.17) is 16.3 Å². The van der Waals surface area contributed by atoms with Crippen molar-refractivity contribution < 1.29 is 9.53 Å². The second-order valence-electron chi connectivity index (χ2n) is 5.44. The van der Waals surface area contributed by atoms with E-state index in [2.05, 4.69) is 11.4 Å². The Labute approximate surface area is 129 Å². The van der Waals surface area contributed by atoms with E-state index in [9.17, 15) is 4.79 Å². The number of nitrogens with one attached hydrogen (secondary N) is 1. The molecule has 1 aromatic rings. The molecule has 1 amide bonds. The Kier molecular flexibility index (Phi) is 4.58. The van der Waals surface area contributed by atoms with E-state index in [0.29, 0.717) is 24.6 Å². The number of nitrogens with zero attached hydrogens (tertiary/aromatic N) is 1. The Bertz CT molecular complexity index is 559. The van der Waals surface area contributed by atoms with E-state index < -0.39 is 0 Å². The van der Waals surface area contributed by atoms with Crippen LogP contribution < -0.4 is 10.2 Å². The number of carbonyl (C=O) groups is 1. The highest BCUT2D eigenvalue weighted by molar-refractivity contribution is 6.33. The summed E-state index contributed by atoms with van der Waals surface area (Å²) in [6, 6.07) is 7.64. The van der Waals surface area contributed by atoms with Crippen LogP contribution in [0.1, 0.15) is 12.8 Å². The number of carbonyl (C=O) groups excluding carboxylic acids is 1. The molecule has 2 heterocycles. The van der Waals surface area contributed by atoms with Gasteiger partial charge >= 0.3 is 0 Å². The van der Waals surface area contributed by atoms with E-state index in [-0.39, 0.29) is 11.9 Å². The van der Waals surface area contributed by atoms with Gasteiger partial charge in [0.2, 0.25) is 5.91 Å². The number of ether oxygens (including phenoxy) is 1. The number of anilines is 1. The molecule has 0 saturated carbocycles. The lowest BCUT2D eigenvalue weighted by Gasteiger charge is -2.19. The molecule has 3 rings (SSSR count). The minimum Gasteiger partial charge on any atom is -0.377 e. The van der Waals surface area contributed by atoms with Gasteiger partial charge in [0.1, 0.15) is 0 Å². The predicted molar refractivity (Wildman–Crippen MR) is 83.7 cm³/mol. The largest absolute Gasteiger partial charge is 0.377 e. The van der Waals surface area contributed by atoms with E-state index in [0.717, 1.165) is 25.3 Å². The van der Waals surface area contributed by atoms with Crippen molar-refractivity contribution in [1.29, 1.82) is 0 Å². The number of hydrogen-bond donors (Lipinski definition) is 1. The van der Waals surface area contributed by atoms with E-state index in [1.165, 1.54) is 5.57 Å². The van der Waals surface area contributed by atoms with Gasteiger partial charge < -0.3 is 15.0 Å². The fourth-order valence-corrected chi connectivity index (χ4v) is 2.99. The first-order valence-corrected chi connectivity index (χ1v) is 7.66. The second-order valence-corrected chi connectivity index (χ2v) is 5.85. The highest BCUT2D eigenvalue weighted by atomic mass is 35.5. The van der Waals surface area contributed by atoms with Crippen LogP contribution >= 0.6 is 11.6 Å². The van der Waals surface area contributed by atoms with Gasteiger partial charge in [-0.2, -0.15) is 0 Å². The average molecular weight is 307 g/mol. The molecule has 2 aliphatic heterocycles. The Balaban J connectivity index is 1.60. The molecule has 0 aliphatic carbocycles. The molecule has 4 nitrogen and oxygen atoms in total. The maximum Gasteiger partial charge on any atom is 0.228 e. The Hall–Kier alpha value is -1.36. The normalized spacial score (nSPS) is 22.5. The van der Waals surface area contributed by atoms with Crippen molar-refractivity contribution in [2.45, 2.75) is 18.9 Å². The van der Waals surface area contributed by atoms with Crippen molar-refractivity contribution in [3.8, 4) is 0 Å². The summed E-state index contributed by atoms with van der Waals surface area (Å²) >= 11 is 6.18. The quantitative estimate of drug-likeness (QED) is 0.869. The summed E-state index contributed by atoms with van der Waals surface area (Å²) in [5, 5.41) is 4.07. The van der Waals surface area contributed by atoms with Crippen LogP contribution in [0, 0.1) is 0 Å². The third-order valence-corrected chi connectivity index (χ3v) is 4.19. The van der Waals surface area contributed by atoms with Gasteiger partial charge in [0, 0.05) is 25.6 Å². The molecule has 0 radical (unpaired) electrons. The summed E-state index contributed by atoms with van der Waals surface area (Å²) in [5.74, 6) is 0.120. The van der Waals surface area contributed by atoms with Crippen LogP contribution in [-0.4, -0.2) is 38.3 Å². The fraction of sp³-hybridized carbons (Fsp3) is 0.438. The third kappa shape index (κ3) is 3.46. The molecular formula is C16H19ClN2O2. The first-order chi connectivity index (χ1) is 10.2. The van der Waals surface area contributed by atoms with Gasteiger partial charge in [-0.3, -0.25) is 4.79 Å². The van der Waals surface area contributed by atoms with Crippen LogP contribution in [0.15, 0.2) is 35.9 Å². The average Bonchev–Trinajstić information content (AvgIpc) is 2.88. The molecule has 0 spiro atoms. The zero-order chi connectivity index (χ0) is 14.7. The minimum absolute atomic E-state index is 0.120. The zero-order valence-corrected chi connectivity index (χ0v) is 12.6. The number of rotatable bonds is 4. The fourth-order valence-electron chi connectivity index (χ4n) is 2.75. The topological polar surface area (TPSA) is 41.6 Å². The predicted octanol–water partition coefficient (Wildman–Crippen LogP) is 2.38. The molecule has 5 heteroatoms. The van der Waals surface area contributed by atoms with Crippen molar-refractivity contribution in [3.05, 3.63) is 40.9 Å². The smallest absolute Gasteiger partial charge is 0.228 e. The van der Waals surface area contributed by atoms with Gasteiger partial charge in [-0.05, 0) is 24.1 Å². The lowest BCUT2D eigenvalue weighted by atomic mass is 10.1. The molecule has 1 atom stereocenters. The van der Waals surface area contributed by atoms with Gasteiger partial charge in [0.15, 0.2) is 0 Å². The number of hydrogen-bond acceptors (Lipinski definition) is 3. The second kappa shape index (κ2) is 6.60. The Morgan fingerprint density at radius 1 is 1.38 bits per heavy atom.